The third kappa shape index (κ3) is 3.19. The zero-order chi connectivity index (χ0) is 16.4. The summed E-state index contributed by atoms with van der Waals surface area (Å²) >= 11 is 0. The van der Waals surface area contributed by atoms with E-state index >= 15 is 0 Å². The second kappa shape index (κ2) is 6.49. The zero-order valence-electron chi connectivity index (χ0n) is 13.6. The molecule has 0 amide bonds. The molecule has 1 aliphatic rings. The predicted octanol–water partition coefficient (Wildman–Crippen LogP) is 3.03. The maximum atomic E-state index is 6.02. The van der Waals surface area contributed by atoms with E-state index in [1.807, 2.05) is 37.4 Å². The van der Waals surface area contributed by atoms with Crippen molar-refractivity contribution in [1.29, 1.82) is 0 Å². The first kappa shape index (κ1) is 15.0. The third-order valence-electron chi connectivity index (χ3n) is 4.28. The fourth-order valence-corrected chi connectivity index (χ4v) is 3.10. The van der Waals surface area contributed by atoms with Crippen molar-refractivity contribution in [3.05, 3.63) is 54.2 Å². The Morgan fingerprint density at radius 3 is 2.96 bits per heavy atom. The number of furan rings is 1. The van der Waals surface area contributed by atoms with Gasteiger partial charge in [0.1, 0.15) is 23.3 Å². The molecule has 3 aromatic heterocycles. The number of nitrogens with one attached hydrogen (secondary N) is 1. The minimum absolute atomic E-state index is 0.216. The van der Waals surface area contributed by atoms with Crippen LogP contribution in [0.5, 0.6) is 5.75 Å². The van der Waals surface area contributed by atoms with Crippen molar-refractivity contribution in [2.75, 3.05) is 13.1 Å². The Morgan fingerprint density at radius 1 is 1.29 bits per heavy atom. The monoisotopic (exact) mass is 324 g/mol. The smallest absolute Gasteiger partial charge is 0.152 e. The molecular formula is C18H20N4O2. The van der Waals surface area contributed by atoms with Gasteiger partial charge in [-0.05, 0) is 37.6 Å². The Kier molecular flexibility index (Phi) is 4.04. The topological polar surface area (TPSA) is 67.2 Å². The molecule has 24 heavy (non-hydrogen) atoms. The summed E-state index contributed by atoms with van der Waals surface area (Å²) in [6, 6.07) is 7.74. The van der Waals surface area contributed by atoms with E-state index < -0.39 is 0 Å². The van der Waals surface area contributed by atoms with Gasteiger partial charge in [-0.2, -0.15) is 5.10 Å². The minimum Gasteiger partial charge on any atom is -0.489 e. The number of pyridine rings is 1. The van der Waals surface area contributed by atoms with Crippen LogP contribution in [0.3, 0.4) is 0 Å². The lowest BCUT2D eigenvalue weighted by Gasteiger charge is -2.16. The quantitative estimate of drug-likeness (QED) is 0.781. The van der Waals surface area contributed by atoms with Gasteiger partial charge in [-0.3, -0.25) is 15.0 Å². The maximum Gasteiger partial charge on any atom is 0.152 e. The number of aryl methyl sites for hydroxylation is 1. The molecule has 0 saturated carbocycles. The van der Waals surface area contributed by atoms with Gasteiger partial charge in [0, 0.05) is 37.6 Å². The predicted molar refractivity (Wildman–Crippen MR) is 89.6 cm³/mol. The Morgan fingerprint density at radius 2 is 2.17 bits per heavy atom. The highest BCUT2D eigenvalue weighted by molar-refractivity contribution is 5.56. The van der Waals surface area contributed by atoms with E-state index in [9.17, 15) is 0 Å². The minimum atomic E-state index is 0.216. The highest BCUT2D eigenvalue weighted by atomic mass is 16.5. The van der Waals surface area contributed by atoms with Gasteiger partial charge in [-0.15, -0.1) is 0 Å². The van der Waals surface area contributed by atoms with E-state index in [1.165, 1.54) is 0 Å². The molecule has 4 rings (SSSR count). The van der Waals surface area contributed by atoms with E-state index in [2.05, 4.69) is 20.1 Å². The summed E-state index contributed by atoms with van der Waals surface area (Å²) in [5.74, 6) is 2.62. The van der Waals surface area contributed by atoms with Crippen molar-refractivity contribution < 1.29 is 9.15 Å². The molecule has 0 radical (unpaired) electrons. The molecule has 1 saturated heterocycles. The van der Waals surface area contributed by atoms with Gasteiger partial charge < -0.3 is 9.15 Å². The lowest BCUT2D eigenvalue weighted by atomic mass is 10.2. The van der Waals surface area contributed by atoms with Gasteiger partial charge in [-0.1, -0.05) is 0 Å². The van der Waals surface area contributed by atoms with Crippen molar-refractivity contribution in [2.45, 2.75) is 26.0 Å². The molecule has 0 unspecified atom stereocenters. The van der Waals surface area contributed by atoms with Crippen LogP contribution in [0.1, 0.15) is 17.7 Å². The number of rotatable bonds is 5. The largest absolute Gasteiger partial charge is 0.489 e. The number of H-pyrrole nitrogens is 1. The van der Waals surface area contributed by atoms with Gasteiger partial charge in [0.25, 0.3) is 0 Å². The molecule has 1 aliphatic heterocycles. The molecule has 0 aliphatic carbocycles. The number of nitrogens with zero attached hydrogens (tertiary/aromatic N) is 3. The molecule has 6 nitrogen and oxygen atoms in total. The van der Waals surface area contributed by atoms with Crippen LogP contribution in [0.15, 0.2) is 47.3 Å². The van der Waals surface area contributed by atoms with Gasteiger partial charge in [-0.25, -0.2) is 0 Å². The second-order valence-electron chi connectivity index (χ2n) is 6.13. The van der Waals surface area contributed by atoms with Crippen LogP contribution in [0.25, 0.3) is 11.5 Å². The van der Waals surface area contributed by atoms with E-state index in [4.69, 9.17) is 9.15 Å². The number of ether oxygens (including phenoxy) is 1. The molecular weight excluding hydrogens is 304 g/mol. The first-order chi connectivity index (χ1) is 11.8. The number of likely N-dealkylation sites (tertiary alicyclic amines) is 1. The summed E-state index contributed by atoms with van der Waals surface area (Å²) in [5, 5.41) is 7.24. The van der Waals surface area contributed by atoms with Crippen LogP contribution in [-0.2, 0) is 6.54 Å². The van der Waals surface area contributed by atoms with Crippen LogP contribution in [-0.4, -0.2) is 39.3 Å². The van der Waals surface area contributed by atoms with E-state index in [1.54, 1.807) is 12.4 Å². The summed E-state index contributed by atoms with van der Waals surface area (Å²) in [5.41, 5.74) is 2.11. The number of hydrogen-bond donors (Lipinski definition) is 1. The first-order valence-corrected chi connectivity index (χ1v) is 8.16. The fraction of sp³-hybridized carbons (Fsp3) is 0.333. The summed E-state index contributed by atoms with van der Waals surface area (Å²) < 4.78 is 11.7. The fourth-order valence-electron chi connectivity index (χ4n) is 3.10. The third-order valence-corrected chi connectivity index (χ3v) is 4.28. The molecule has 0 bridgehead atoms. The van der Waals surface area contributed by atoms with E-state index in [0.29, 0.717) is 0 Å². The first-order valence-electron chi connectivity index (χ1n) is 8.16. The highest BCUT2D eigenvalue weighted by Crippen LogP contribution is 2.26. The Labute approximate surface area is 140 Å². The lowest BCUT2D eigenvalue weighted by Crippen LogP contribution is -2.24. The van der Waals surface area contributed by atoms with Crippen molar-refractivity contribution >= 4 is 0 Å². The molecule has 1 fully saturated rings. The van der Waals surface area contributed by atoms with Crippen molar-refractivity contribution in [1.82, 2.24) is 20.1 Å². The average Bonchev–Trinajstić information content (AvgIpc) is 3.31. The molecule has 124 valence electrons. The van der Waals surface area contributed by atoms with Gasteiger partial charge in [0.05, 0.1) is 6.20 Å². The van der Waals surface area contributed by atoms with Gasteiger partial charge in [0.2, 0.25) is 0 Å². The number of hydrogen-bond acceptors (Lipinski definition) is 5. The molecule has 0 spiro atoms. The van der Waals surface area contributed by atoms with Crippen LogP contribution >= 0.6 is 0 Å². The van der Waals surface area contributed by atoms with Gasteiger partial charge in [0.15, 0.2) is 5.76 Å². The lowest BCUT2D eigenvalue weighted by molar-refractivity contribution is 0.198. The van der Waals surface area contributed by atoms with Crippen LogP contribution in [0, 0.1) is 6.92 Å². The average molecular weight is 324 g/mol. The molecule has 4 heterocycles. The van der Waals surface area contributed by atoms with Crippen molar-refractivity contribution in [3.8, 4) is 17.2 Å². The molecule has 3 aromatic rings. The standard InChI is InChI=1S/C18H20N4O2/c1-13-2-3-17(23-13)18-14(10-20-21-18)11-22-9-6-16(12-22)24-15-4-7-19-8-5-15/h2-5,7-8,10,16H,6,9,11-12H2,1H3,(H,20,21)/t16-/m0/s1. The summed E-state index contributed by atoms with van der Waals surface area (Å²) in [6.45, 7) is 4.70. The Balaban J connectivity index is 1.40. The van der Waals surface area contributed by atoms with E-state index in [0.717, 1.165) is 54.6 Å². The van der Waals surface area contributed by atoms with Crippen molar-refractivity contribution in [3.63, 3.8) is 0 Å². The SMILES string of the molecule is Cc1ccc(-c2[nH]ncc2CN2CC[C@H](Oc3ccncc3)C2)o1. The number of aromatic amines is 1. The molecule has 1 N–H and O–H groups in total. The Bertz CT molecular complexity index is 796. The van der Waals surface area contributed by atoms with Crippen molar-refractivity contribution in [2.24, 2.45) is 0 Å². The highest BCUT2D eigenvalue weighted by Gasteiger charge is 2.25. The molecule has 1 atom stereocenters. The summed E-state index contributed by atoms with van der Waals surface area (Å²) in [7, 11) is 0. The summed E-state index contributed by atoms with van der Waals surface area (Å²) in [6.07, 6.45) is 6.63. The van der Waals surface area contributed by atoms with Gasteiger partial charge >= 0.3 is 0 Å². The molecule has 6 heteroatoms. The summed E-state index contributed by atoms with van der Waals surface area (Å²) in [4.78, 5) is 6.40. The molecule has 0 aromatic carbocycles. The van der Waals surface area contributed by atoms with Crippen LogP contribution in [0.4, 0.5) is 0 Å². The number of aromatic nitrogens is 3. The maximum absolute atomic E-state index is 6.02. The Hall–Kier alpha value is -2.60. The van der Waals surface area contributed by atoms with E-state index in [-0.39, 0.29) is 6.10 Å². The zero-order valence-corrected chi connectivity index (χ0v) is 13.6. The van der Waals surface area contributed by atoms with Crippen LogP contribution in [0.2, 0.25) is 0 Å². The normalized spacial score (nSPS) is 18.1. The second-order valence-corrected chi connectivity index (χ2v) is 6.13. The van der Waals surface area contributed by atoms with Crippen LogP contribution < -0.4 is 4.74 Å².